The Morgan fingerprint density at radius 2 is 1.91 bits per heavy atom. The molecule has 0 spiro atoms. The highest BCUT2D eigenvalue weighted by atomic mass is 16.5. The van der Waals surface area contributed by atoms with E-state index in [1.165, 1.54) is 6.92 Å². The van der Waals surface area contributed by atoms with Crippen molar-refractivity contribution in [3.8, 4) is 0 Å². The normalized spacial score (nSPS) is 14.5. The van der Waals surface area contributed by atoms with Gasteiger partial charge in [-0.25, -0.2) is 4.79 Å². The Hall–Kier alpha value is -2.57. The zero-order chi connectivity index (χ0) is 16.7. The van der Waals surface area contributed by atoms with Crippen LogP contribution < -0.4 is 16.0 Å². The minimum atomic E-state index is -0.818. The fourth-order valence-electron chi connectivity index (χ4n) is 1.83. The molecule has 7 nitrogen and oxygen atoms in total. The third-order valence-electron chi connectivity index (χ3n) is 3.25. The van der Waals surface area contributed by atoms with Crippen LogP contribution in [0, 0.1) is 0 Å². The number of rotatable bonds is 7. The molecular formula is C16H21N3O4. The summed E-state index contributed by atoms with van der Waals surface area (Å²) in [6, 6.07) is 8.81. The quantitative estimate of drug-likeness (QED) is 0.662. The fourth-order valence-corrected chi connectivity index (χ4v) is 1.83. The minimum Gasteiger partial charge on any atom is -0.452 e. The summed E-state index contributed by atoms with van der Waals surface area (Å²) in [5, 5.41) is 7.96. The average molecular weight is 319 g/mol. The van der Waals surface area contributed by atoms with Gasteiger partial charge >= 0.3 is 12.0 Å². The van der Waals surface area contributed by atoms with E-state index in [9.17, 15) is 14.4 Å². The number of urea groups is 1. The Balaban J connectivity index is 1.60. The van der Waals surface area contributed by atoms with Crippen molar-refractivity contribution < 1.29 is 19.1 Å². The van der Waals surface area contributed by atoms with Crippen LogP contribution in [0.2, 0.25) is 0 Å². The first-order chi connectivity index (χ1) is 11.0. The van der Waals surface area contributed by atoms with Gasteiger partial charge in [0.05, 0.1) is 6.42 Å². The molecule has 0 bridgehead atoms. The van der Waals surface area contributed by atoms with Gasteiger partial charge in [-0.3, -0.25) is 9.59 Å². The molecule has 0 aromatic heterocycles. The van der Waals surface area contributed by atoms with Crippen LogP contribution in [0.15, 0.2) is 30.3 Å². The van der Waals surface area contributed by atoms with Gasteiger partial charge < -0.3 is 20.7 Å². The molecule has 1 fully saturated rings. The van der Waals surface area contributed by atoms with Gasteiger partial charge in [-0.15, -0.1) is 0 Å². The fraction of sp³-hybridized carbons (Fsp3) is 0.438. The molecule has 2 rings (SSSR count). The smallest absolute Gasteiger partial charge is 0.319 e. The topological polar surface area (TPSA) is 96.5 Å². The number of hydrogen-bond donors (Lipinski definition) is 3. The maximum Gasteiger partial charge on any atom is 0.319 e. The van der Waals surface area contributed by atoms with Crippen LogP contribution in [0.1, 0.15) is 26.2 Å². The zero-order valence-electron chi connectivity index (χ0n) is 13.0. The molecule has 0 heterocycles. The van der Waals surface area contributed by atoms with Crippen LogP contribution >= 0.6 is 0 Å². The molecular weight excluding hydrogens is 298 g/mol. The lowest BCUT2D eigenvalue weighted by Gasteiger charge is -2.13. The number of ether oxygens (including phenoxy) is 1. The summed E-state index contributed by atoms with van der Waals surface area (Å²) >= 11 is 0. The SMILES string of the molecule is C[C@H](OC(=O)CCNC(=O)Nc1ccccc1)C(=O)NC1CC1. The average Bonchev–Trinajstić information content (AvgIpc) is 3.32. The molecule has 0 unspecified atom stereocenters. The second kappa shape index (κ2) is 8.17. The number of carbonyl (C=O) groups excluding carboxylic acids is 3. The molecule has 3 amide bonds. The van der Waals surface area contributed by atoms with Gasteiger partial charge in [0.2, 0.25) is 0 Å². The van der Waals surface area contributed by atoms with Gasteiger partial charge in [0.25, 0.3) is 5.91 Å². The van der Waals surface area contributed by atoms with E-state index in [-0.39, 0.29) is 24.9 Å². The van der Waals surface area contributed by atoms with Crippen LogP contribution in [0.25, 0.3) is 0 Å². The summed E-state index contributed by atoms with van der Waals surface area (Å²) in [4.78, 5) is 34.9. The lowest BCUT2D eigenvalue weighted by Crippen LogP contribution is -2.37. The summed E-state index contributed by atoms with van der Waals surface area (Å²) in [5.41, 5.74) is 0.665. The first-order valence-electron chi connectivity index (χ1n) is 7.64. The van der Waals surface area contributed by atoms with Crippen molar-refractivity contribution in [2.24, 2.45) is 0 Å². The monoisotopic (exact) mass is 319 g/mol. The summed E-state index contributed by atoms with van der Waals surface area (Å²) in [5.74, 6) is -0.806. The number of esters is 1. The van der Waals surface area contributed by atoms with Crippen LogP contribution in [0.3, 0.4) is 0 Å². The summed E-state index contributed by atoms with van der Waals surface area (Å²) in [6.07, 6.45) is 1.14. The molecule has 124 valence electrons. The lowest BCUT2D eigenvalue weighted by molar-refractivity contribution is -0.154. The van der Waals surface area contributed by atoms with Crippen molar-refractivity contribution >= 4 is 23.6 Å². The minimum absolute atomic E-state index is 0.00323. The Morgan fingerprint density at radius 3 is 2.57 bits per heavy atom. The van der Waals surface area contributed by atoms with Crippen LogP contribution in [-0.2, 0) is 14.3 Å². The molecule has 0 radical (unpaired) electrons. The van der Waals surface area contributed by atoms with Crippen LogP contribution in [-0.4, -0.2) is 36.6 Å². The van der Waals surface area contributed by atoms with Gasteiger partial charge in [-0.1, -0.05) is 18.2 Å². The van der Waals surface area contributed by atoms with Crippen molar-refractivity contribution in [1.82, 2.24) is 10.6 Å². The zero-order valence-corrected chi connectivity index (χ0v) is 13.0. The maximum absolute atomic E-state index is 11.6. The number of nitrogens with one attached hydrogen (secondary N) is 3. The van der Waals surface area contributed by atoms with Gasteiger partial charge in [0.15, 0.2) is 6.10 Å². The Morgan fingerprint density at radius 1 is 1.22 bits per heavy atom. The summed E-state index contributed by atoms with van der Waals surface area (Å²) in [6.45, 7) is 1.67. The van der Waals surface area contributed by atoms with E-state index in [1.54, 1.807) is 24.3 Å². The largest absolute Gasteiger partial charge is 0.452 e. The van der Waals surface area contributed by atoms with Crippen molar-refractivity contribution in [2.75, 3.05) is 11.9 Å². The number of para-hydroxylation sites is 1. The lowest BCUT2D eigenvalue weighted by atomic mass is 10.3. The van der Waals surface area contributed by atoms with Gasteiger partial charge in [-0.2, -0.15) is 0 Å². The molecule has 0 saturated heterocycles. The maximum atomic E-state index is 11.6. The Bertz CT molecular complexity index is 558. The van der Waals surface area contributed by atoms with E-state index >= 15 is 0 Å². The van der Waals surface area contributed by atoms with E-state index in [4.69, 9.17) is 4.74 Å². The second-order valence-electron chi connectivity index (χ2n) is 5.41. The van der Waals surface area contributed by atoms with E-state index in [2.05, 4.69) is 16.0 Å². The predicted octanol–water partition coefficient (Wildman–Crippen LogP) is 1.41. The molecule has 1 aromatic carbocycles. The number of hydrogen-bond acceptors (Lipinski definition) is 4. The Labute approximate surface area is 134 Å². The van der Waals surface area contributed by atoms with Crippen molar-refractivity contribution in [3.63, 3.8) is 0 Å². The second-order valence-corrected chi connectivity index (χ2v) is 5.41. The molecule has 1 aliphatic carbocycles. The van der Waals surface area contributed by atoms with Crippen molar-refractivity contribution in [3.05, 3.63) is 30.3 Å². The van der Waals surface area contributed by atoms with Crippen molar-refractivity contribution in [2.45, 2.75) is 38.3 Å². The molecule has 3 N–H and O–H groups in total. The van der Waals surface area contributed by atoms with Crippen LogP contribution in [0.4, 0.5) is 10.5 Å². The van der Waals surface area contributed by atoms with E-state index < -0.39 is 18.1 Å². The highest BCUT2D eigenvalue weighted by molar-refractivity contribution is 5.89. The van der Waals surface area contributed by atoms with Gasteiger partial charge in [-0.05, 0) is 31.9 Å². The van der Waals surface area contributed by atoms with E-state index in [0.717, 1.165) is 12.8 Å². The van der Waals surface area contributed by atoms with Crippen LogP contribution in [0.5, 0.6) is 0 Å². The first-order valence-corrected chi connectivity index (χ1v) is 7.64. The standard InChI is InChI=1S/C16H21N3O4/c1-11(15(21)18-13-7-8-13)23-14(20)9-10-17-16(22)19-12-5-3-2-4-6-12/h2-6,11,13H,7-10H2,1H3,(H,18,21)(H2,17,19,22)/t11-/m0/s1. The number of carbonyl (C=O) groups is 3. The molecule has 23 heavy (non-hydrogen) atoms. The van der Waals surface area contributed by atoms with Gasteiger partial charge in [0.1, 0.15) is 0 Å². The van der Waals surface area contributed by atoms with E-state index in [1.807, 2.05) is 6.07 Å². The molecule has 1 atom stereocenters. The third-order valence-corrected chi connectivity index (χ3v) is 3.25. The Kier molecular flexibility index (Phi) is 5.96. The third kappa shape index (κ3) is 6.37. The number of anilines is 1. The molecule has 1 aliphatic rings. The van der Waals surface area contributed by atoms with Crippen molar-refractivity contribution in [1.29, 1.82) is 0 Å². The number of amides is 3. The molecule has 7 heteroatoms. The summed E-state index contributed by atoms with van der Waals surface area (Å²) < 4.78 is 5.02. The van der Waals surface area contributed by atoms with Gasteiger partial charge in [0, 0.05) is 18.3 Å². The van der Waals surface area contributed by atoms with E-state index in [0.29, 0.717) is 5.69 Å². The summed E-state index contributed by atoms with van der Waals surface area (Å²) in [7, 11) is 0. The first kappa shape index (κ1) is 16.8. The molecule has 0 aliphatic heterocycles. The predicted molar refractivity (Wildman–Crippen MR) is 84.8 cm³/mol. The molecule has 1 aromatic rings. The number of benzene rings is 1. The highest BCUT2D eigenvalue weighted by Crippen LogP contribution is 2.18. The molecule has 1 saturated carbocycles. The highest BCUT2D eigenvalue weighted by Gasteiger charge is 2.27.